The Bertz CT molecular complexity index is 573. The van der Waals surface area contributed by atoms with E-state index in [9.17, 15) is 28.8 Å². The van der Waals surface area contributed by atoms with Gasteiger partial charge >= 0.3 is 11.9 Å². The number of aliphatic carboxylic acids is 2. The molecule has 0 aliphatic carbocycles. The number of carboxylic acid groups (broad SMARTS) is 2. The van der Waals surface area contributed by atoms with Gasteiger partial charge < -0.3 is 31.5 Å². The molecule has 0 aliphatic heterocycles. The van der Waals surface area contributed by atoms with Gasteiger partial charge in [-0.25, -0.2) is 4.79 Å². The highest BCUT2D eigenvalue weighted by molar-refractivity contribution is 5.96. The molecule has 4 amide bonds. The second-order valence-electron chi connectivity index (χ2n) is 5.23. The maximum absolute atomic E-state index is 12.1. The second kappa shape index (κ2) is 9.20. The summed E-state index contributed by atoms with van der Waals surface area (Å²) in [6, 6.07) is -1.67. The van der Waals surface area contributed by atoms with Crippen LogP contribution in [0, 0.1) is 0 Å². The van der Waals surface area contributed by atoms with Gasteiger partial charge in [-0.3, -0.25) is 24.0 Å². The van der Waals surface area contributed by atoms with Crippen LogP contribution in [0.5, 0.6) is 0 Å². The van der Waals surface area contributed by atoms with Crippen molar-refractivity contribution in [2.45, 2.75) is 38.9 Å². The first-order valence-electron chi connectivity index (χ1n) is 6.97. The number of hydrogen-bond acceptors (Lipinski definition) is 6. The summed E-state index contributed by atoms with van der Waals surface area (Å²) in [5.74, 6) is -6.12. The Morgan fingerprint density at radius 2 is 1.44 bits per heavy atom. The fourth-order valence-electron chi connectivity index (χ4n) is 1.81. The molecule has 0 saturated carbocycles. The summed E-state index contributed by atoms with van der Waals surface area (Å²) in [6.07, 6.45) is -0.843. The highest BCUT2D eigenvalue weighted by Gasteiger charge is 2.35. The third kappa shape index (κ3) is 8.29. The SMILES string of the molecule is CC(=O)NC(C)(NC(C)=O)C(=O)NCC(=O)N[C@@H](CC(=O)O)C(=O)O. The molecule has 0 aromatic carbocycles. The number of carbonyl (C=O) groups excluding carboxylic acids is 4. The van der Waals surface area contributed by atoms with E-state index in [1.54, 1.807) is 0 Å². The van der Waals surface area contributed by atoms with E-state index in [1.807, 2.05) is 5.32 Å². The topological polar surface area (TPSA) is 191 Å². The smallest absolute Gasteiger partial charge is 0.326 e. The average molecular weight is 360 g/mol. The van der Waals surface area contributed by atoms with E-state index in [0.29, 0.717) is 0 Å². The molecule has 12 nitrogen and oxygen atoms in total. The van der Waals surface area contributed by atoms with Crippen molar-refractivity contribution in [2.24, 2.45) is 0 Å². The first-order valence-corrected chi connectivity index (χ1v) is 6.97. The number of carbonyl (C=O) groups is 6. The highest BCUT2D eigenvalue weighted by atomic mass is 16.4. The van der Waals surface area contributed by atoms with Crippen molar-refractivity contribution >= 4 is 35.6 Å². The lowest BCUT2D eigenvalue weighted by molar-refractivity contribution is -0.147. The molecule has 12 heteroatoms. The quantitative estimate of drug-likeness (QED) is 0.236. The van der Waals surface area contributed by atoms with E-state index in [2.05, 4.69) is 16.0 Å². The van der Waals surface area contributed by atoms with Crippen LogP contribution in [0.15, 0.2) is 0 Å². The number of rotatable bonds is 9. The Labute approximate surface area is 142 Å². The molecule has 0 unspecified atom stereocenters. The van der Waals surface area contributed by atoms with Crippen LogP contribution in [0.4, 0.5) is 0 Å². The first-order chi connectivity index (χ1) is 11.4. The fourth-order valence-corrected chi connectivity index (χ4v) is 1.81. The Morgan fingerprint density at radius 1 is 0.960 bits per heavy atom. The predicted molar refractivity (Wildman–Crippen MR) is 80.9 cm³/mol. The average Bonchev–Trinajstić information content (AvgIpc) is 2.41. The lowest BCUT2D eigenvalue weighted by Crippen LogP contribution is -2.66. The van der Waals surface area contributed by atoms with E-state index in [-0.39, 0.29) is 0 Å². The zero-order valence-electron chi connectivity index (χ0n) is 13.8. The molecule has 1 atom stereocenters. The summed E-state index contributed by atoms with van der Waals surface area (Å²) < 4.78 is 0. The number of nitrogens with one attached hydrogen (secondary N) is 4. The maximum Gasteiger partial charge on any atom is 0.326 e. The molecule has 0 heterocycles. The van der Waals surface area contributed by atoms with Crippen molar-refractivity contribution in [3.63, 3.8) is 0 Å². The highest BCUT2D eigenvalue weighted by Crippen LogP contribution is 2.00. The van der Waals surface area contributed by atoms with Crippen molar-refractivity contribution < 1.29 is 39.0 Å². The van der Waals surface area contributed by atoms with Gasteiger partial charge in [-0.15, -0.1) is 0 Å². The standard InChI is InChI=1S/C13H20N4O8/c1-6(18)16-13(3,17-7(2)19)12(25)14-5-9(20)15-8(11(23)24)4-10(21)22/h8H,4-5H2,1-3H3,(H,14,25)(H,15,20)(H,16,18)(H,17,19)(H,21,22)(H,23,24)/t8-/m0/s1. The summed E-state index contributed by atoms with van der Waals surface area (Å²) in [5, 5.41) is 25.8. The van der Waals surface area contributed by atoms with Gasteiger partial charge in [-0.05, 0) is 6.92 Å². The molecule has 0 radical (unpaired) electrons. The summed E-state index contributed by atoms with van der Waals surface area (Å²) in [5.41, 5.74) is -1.83. The van der Waals surface area contributed by atoms with Crippen molar-refractivity contribution in [3.8, 4) is 0 Å². The van der Waals surface area contributed by atoms with Crippen molar-refractivity contribution in [2.75, 3.05) is 6.54 Å². The van der Waals surface area contributed by atoms with E-state index in [4.69, 9.17) is 10.2 Å². The van der Waals surface area contributed by atoms with Crippen LogP contribution >= 0.6 is 0 Å². The Balaban J connectivity index is 4.84. The molecular formula is C13H20N4O8. The molecule has 25 heavy (non-hydrogen) atoms. The van der Waals surface area contributed by atoms with Gasteiger partial charge in [0.15, 0.2) is 5.66 Å². The molecule has 0 aliphatic rings. The van der Waals surface area contributed by atoms with Crippen LogP contribution < -0.4 is 21.3 Å². The molecule has 0 saturated heterocycles. The van der Waals surface area contributed by atoms with E-state index in [0.717, 1.165) is 13.8 Å². The normalized spacial score (nSPS) is 11.6. The summed E-state index contributed by atoms with van der Waals surface area (Å²) in [6.45, 7) is 2.72. The zero-order valence-corrected chi connectivity index (χ0v) is 13.8. The van der Waals surface area contributed by atoms with Gasteiger partial charge in [-0.1, -0.05) is 0 Å². The Kier molecular flexibility index (Phi) is 8.03. The van der Waals surface area contributed by atoms with Crippen LogP contribution in [0.3, 0.4) is 0 Å². The van der Waals surface area contributed by atoms with Crippen LogP contribution in [-0.2, 0) is 28.8 Å². The molecule has 0 aromatic heterocycles. The lowest BCUT2D eigenvalue weighted by atomic mass is 10.1. The third-order valence-corrected chi connectivity index (χ3v) is 2.73. The molecular weight excluding hydrogens is 340 g/mol. The molecule has 0 fully saturated rings. The monoisotopic (exact) mass is 360 g/mol. The van der Waals surface area contributed by atoms with Crippen molar-refractivity contribution in [1.29, 1.82) is 0 Å². The number of carboxylic acids is 2. The first kappa shape index (κ1) is 21.8. The Hall–Kier alpha value is -3.18. The van der Waals surface area contributed by atoms with Gasteiger partial charge in [0, 0.05) is 13.8 Å². The molecule has 0 spiro atoms. The van der Waals surface area contributed by atoms with Gasteiger partial charge in [0.05, 0.1) is 13.0 Å². The minimum absolute atomic E-state index is 0.622. The van der Waals surface area contributed by atoms with Crippen LogP contribution in [0.1, 0.15) is 27.2 Å². The minimum atomic E-state index is -1.83. The van der Waals surface area contributed by atoms with Crippen molar-refractivity contribution in [1.82, 2.24) is 21.3 Å². The van der Waals surface area contributed by atoms with Crippen LogP contribution in [0.2, 0.25) is 0 Å². The largest absolute Gasteiger partial charge is 0.481 e. The fraction of sp³-hybridized carbons (Fsp3) is 0.538. The summed E-state index contributed by atoms with van der Waals surface area (Å²) in [4.78, 5) is 67.5. The molecule has 0 aromatic rings. The van der Waals surface area contributed by atoms with Gasteiger partial charge in [0.2, 0.25) is 17.7 Å². The molecule has 0 rings (SSSR count). The van der Waals surface area contributed by atoms with Crippen molar-refractivity contribution in [3.05, 3.63) is 0 Å². The maximum atomic E-state index is 12.1. The molecule has 140 valence electrons. The zero-order chi connectivity index (χ0) is 19.8. The van der Waals surface area contributed by atoms with Crippen LogP contribution in [-0.4, -0.2) is 64.0 Å². The number of amides is 4. The minimum Gasteiger partial charge on any atom is -0.481 e. The lowest BCUT2D eigenvalue weighted by Gasteiger charge is -2.29. The molecule has 0 bridgehead atoms. The predicted octanol–water partition coefficient (Wildman–Crippen LogP) is -2.86. The van der Waals surface area contributed by atoms with Gasteiger partial charge in [0.25, 0.3) is 5.91 Å². The van der Waals surface area contributed by atoms with Gasteiger partial charge in [0.1, 0.15) is 6.04 Å². The molecule has 6 N–H and O–H groups in total. The summed E-state index contributed by atoms with van der Waals surface area (Å²) >= 11 is 0. The number of hydrogen-bond donors (Lipinski definition) is 6. The third-order valence-electron chi connectivity index (χ3n) is 2.73. The summed E-state index contributed by atoms with van der Waals surface area (Å²) in [7, 11) is 0. The van der Waals surface area contributed by atoms with Crippen LogP contribution in [0.25, 0.3) is 0 Å². The Morgan fingerprint density at radius 3 is 1.80 bits per heavy atom. The van der Waals surface area contributed by atoms with Gasteiger partial charge in [-0.2, -0.15) is 0 Å². The van der Waals surface area contributed by atoms with E-state index >= 15 is 0 Å². The van der Waals surface area contributed by atoms with E-state index in [1.165, 1.54) is 6.92 Å². The second-order valence-corrected chi connectivity index (χ2v) is 5.23. The van der Waals surface area contributed by atoms with E-state index < -0.39 is 60.2 Å².